The molecule has 0 aromatic heterocycles. The van der Waals surface area contributed by atoms with Gasteiger partial charge in [0, 0.05) is 24.9 Å². The standard InChI is InChI=1S/C20H40Br2O3/c1-23-19(15-11-7-3-5-9-13-17-21)25-20(24-2)16-12-8-4-6-10-14-18-22/h19-20H,3-18H2,1-2H3. The van der Waals surface area contributed by atoms with Crippen molar-refractivity contribution in [2.24, 2.45) is 0 Å². The van der Waals surface area contributed by atoms with Crippen LogP contribution in [0.2, 0.25) is 0 Å². The lowest BCUT2D eigenvalue weighted by molar-refractivity contribution is -0.233. The highest BCUT2D eigenvalue weighted by atomic mass is 79.9. The average Bonchev–Trinajstić information content (AvgIpc) is 2.64. The number of hydrogen-bond donors (Lipinski definition) is 0. The Hall–Kier alpha value is 0.840. The van der Waals surface area contributed by atoms with E-state index in [-0.39, 0.29) is 12.6 Å². The summed E-state index contributed by atoms with van der Waals surface area (Å²) in [7, 11) is 3.47. The van der Waals surface area contributed by atoms with Gasteiger partial charge in [-0.2, -0.15) is 0 Å². The molecular formula is C20H40Br2O3. The Bertz CT molecular complexity index is 231. The van der Waals surface area contributed by atoms with Crippen LogP contribution in [0.4, 0.5) is 0 Å². The molecule has 0 fully saturated rings. The lowest BCUT2D eigenvalue weighted by atomic mass is 10.1. The van der Waals surface area contributed by atoms with Gasteiger partial charge in [0.25, 0.3) is 0 Å². The molecule has 0 spiro atoms. The highest BCUT2D eigenvalue weighted by Crippen LogP contribution is 2.16. The molecule has 0 bridgehead atoms. The van der Waals surface area contributed by atoms with Gasteiger partial charge in [-0.3, -0.25) is 0 Å². The van der Waals surface area contributed by atoms with E-state index in [2.05, 4.69) is 31.9 Å². The van der Waals surface area contributed by atoms with Gasteiger partial charge in [0.05, 0.1) is 0 Å². The number of hydrogen-bond acceptors (Lipinski definition) is 3. The van der Waals surface area contributed by atoms with Crippen molar-refractivity contribution in [2.75, 3.05) is 24.9 Å². The summed E-state index contributed by atoms with van der Waals surface area (Å²) in [6, 6.07) is 0. The summed E-state index contributed by atoms with van der Waals surface area (Å²) < 4.78 is 17.0. The van der Waals surface area contributed by atoms with Crippen molar-refractivity contribution in [2.45, 2.75) is 102 Å². The van der Waals surface area contributed by atoms with Crippen molar-refractivity contribution in [3.05, 3.63) is 0 Å². The van der Waals surface area contributed by atoms with E-state index in [1.807, 2.05) is 0 Å². The zero-order valence-electron chi connectivity index (χ0n) is 16.4. The number of ether oxygens (including phenoxy) is 3. The summed E-state index contributed by atoms with van der Waals surface area (Å²) in [5.74, 6) is 0. The number of methoxy groups -OCH3 is 2. The van der Waals surface area contributed by atoms with Crippen LogP contribution in [-0.4, -0.2) is 37.5 Å². The quantitative estimate of drug-likeness (QED) is 0.103. The van der Waals surface area contributed by atoms with Crippen molar-refractivity contribution >= 4 is 31.9 Å². The van der Waals surface area contributed by atoms with Crippen LogP contribution in [0.25, 0.3) is 0 Å². The van der Waals surface area contributed by atoms with E-state index >= 15 is 0 Å². The van der Waals surface area contributed by atoms with Gasteiger partial charge in [-0.1, -0.05) is 83.2 Å². The zero-order valence-corrected chi connectivity index (χ0v) is 19.6. The molecule has 0 amide bonds. The van der Waals surface area contributed by atoms with Crippen LogP contribution in [0.15, 0.2) is 0 Å². The number of unbranched alkanes of at least 4 members (excludes halogenated alkanes) is 10. The summed E-state index contributed by atoms with van der Waals surface area (Å²) in [5, 5.41) is 2.25. The van der Waals surface area contributed by atoms with Crippen molar-refractivity contribution in [3.63, 3.8) is 0 Å². The molecule has 0 saturated carbocycles. The first-order chi connectivity index (χ1) is 12.3. The lowest BCUT2D eigenvalue weighted by Crippen LogP contribution is -2.25. The fourth-order valence-electron chi connectivity index (χ4n) is 2.88. The highest BCUT2D eigenvalue weighted by Gasteiger charge is 2.15. The molecule has 0 aliphatic heterocycles. The topological polar surface area (TPSA) is 27.7 Å². The molecule has 0 aromatic rings. The van der Waals surface area contributed by atoms with E-state index in [9.17, 15) is 0 Å². The first kappa shape index (κ1) is 25.8. The maximum Gasteiger partial charge on any atom is 0.160 e. The molecule has 2 unspecified atom stereocenters. The Morgan fingerprint density at radius 2 is 0.840 bits per heavy atom. The van der Waals surface area contributed by atoms with E-state index in [1.165, 1.54) is 64.2 Å². The van der Waals surface area contributed by atoms with Crippen molar-refractivity contribution in [1.82, 2.24) is 0 Å². The Morgan fingerprint density at radius 1 is 0.520 bits per heavy atom. The molecule has 2 atom stereocenters. The average molecular weight is 488 g/mol. The van der Waals surface area contributed by atoms with Crippen molar-refractivity contribution in [3.8, 4) is 0 Å². The van der Waals surface area contributed by atoms with E-state index < -0.39 is 0 Å². The highest BCUT2D eigenvalue weighted by molar-refractivity contribution is 9.09. The summed E-state index contributed by atoms with van der Waals surface area (Å²) in [6.07, 6.45) is 17.0. The third-order valence-electron chi connectivity index (χ3n) is 4.48. The van der Waals surface area contributed by atoms with Crippen LogP contribution >= 0.6 is 31.9 Å². The van der Waals surface area contributed by atoms with Gasteiger partial charge < -0.3 is 14.2 Å². The summed E-state index contributed by atoms with van der Waals surface area (Å²) >= 11 is 6.96. The van der Waals surface area contributed by atoms with E-state index in [0.717, 1.165) is 36.3 Å². The Morgan fingerprint density at radius 3 is 1.16 bits per heavy atom. The molecular weight excluding hydrogens is 448 g/mol. The van der Waals surface area contributed by atoms with Gasteiger partial charge in [-0.15, -0.1) is 0 Å². The van der Waals surface area contributed by atoms with Crippen molar-refractivity contribution in [1.29, 1.82) is 0 Å². The maximum atomic E-state index is 5.98. The molecule has 0 rings (SSSR count). The second-order valence-corrected chi connectivity index (χ2v) is 8.25. The van der Waals surface area contributed by atoms with Gasteiger partial charge in [0.1, 0.15) is 0 Å². The van der Waals surface area contributed by atoms with Gasteiger partial charge in [0.15, 0.2) is 12.6 Å². The first-order valence-electron chi connectivity index (χ1n) is 10.1. The SMILES string of the molecule is COC(CCCCCCCCBr)OC(CCCCCCCCBr)OC. The van der Waals surface area contributed by atoms with E-state index in [4.69, 9.17) is 14.2 Å². The van der Waals surface area contributed by atoms with Crippen LogP contribution in [-0.2, 0) is 14.2 Å². The molecule has 5 heteroatoms. The molecule has 0 aromatic carbocycles. The first-order valence-corrected chi connectivity index (χ1v) is 12.4. The predicted molar refractivity (Wildman–Crippen MR) is 115 cm³/mol. The van der Waals surface area contributed by atoms with E-state index in [0.29, 0.717) is 0 Å². The second kappa shape index (κ2) is 21.1. The van der Waals surface area contributed by atoms with Gasteiger partial charge >= 0.3 is 0 Å². The summed E-state index contributed by atoms with van der Waals surface area (Å²) in [5.41, 5.74) is 0. The molecule has 0 radical (unpaired) electrons. The number of alkyl halides is 2. The number of halogens is 2. The van der Waals surface area contributed by atoms with Gasteiger partial charge in [0.2, 0.25) is 0 Å². The molecule has 0 heterocycles. The van der Waals surface area contributed by atoms with Gasteiger partial charge in [-0.25, -0.2) is 0 Å². The maximum absolute atomic E-state index is 5.98. The molecule has 0 N–H and O–H groups in total. The Labute approximate surface area is 173 Å². The van der Waals surface area contributed by atoms with Crippen LogP contribution in [0.1, 0.15) is 89.9 Å². The normalized spacial score (nSPS) is 13.9. The second-order valence-electron chi connectivity index (χ2n) is 6.66. The minimum atomic E-state index is -0.133. The van der Waals surface area contributed by atoms with Crippen LogP contribution in [0.3, 0.4) is 0 Å². The number of rotatable bonds is 20. The monoisotopic (exact) mass is 486 g/mol. The van der Waals surface area contributed by atoms with Crippen LogP contribution < -0.4 is 0 Å². The van der Waals surface area contributed by atoms with Crippen molar-refractivity contribution < 1.29 is 14.2 Å². The largest absolute Gasteiger partial charge is 0.356 e. The zero-order chi connectivity index (χ0) is 18.6. The van der Waals surface area contributed by atoms with E-state index in [1.54, 1.807) is 14.2 Å². The Kier molecular flexibility index (Phi) is 21.9. The molecule has 152 valence electrons. The Balaban J connectivity index is 3.67. The molecule has 25 heavy (non-hydrogen) atoms. The molecule has 0 saturated heterocycles. The lowest BCUT2D eigenvalue weighted by Gasteiger charge is -2.23. The molecule has 0 aliphatic rings. The minimum absolute atomic E-state index is 0.133. The fourth-order valence-corrected chi connectivity index (χ4v) is 3.67. The van der Waals surface area contributed by atoms with Gasteiger partial charge in [-0.05, 0) is 38.5 Å². The fraction of sp³-hybridized carbons (Fsp3) is 1.00. The summed E-state index contributed by atoms with van der Waals surface area (Å²) in [6.45, 7) is 0. The minimum Gasteiger partial charge on any atom is -0.356 e. The summed E-state index contributed by atoms with van der Waals surface area (Å²) in [4.78, 5) is 0. The molecule has 3 nitrogen and oxygen atoms in total. The smallest absolute Gasteiger partial charge is 0.160 e. The molecule has 0 aliphatic carbocycles. The third-order valence-corrected chi connectivity index (χ3v) is 5.60. The van der Waals surface area contributed by atoms with Crippen LogP contribution in [0, 0.1) is 0 Å². The predicted octanol–water partition coefficient (Wildman–Crippen LogP) is 7.20. The third kappa shape index (κ3) is 18.0. The van der Waals surface area contributed by atoms with Crippen LogP contribution in [0.5, 0.6) is 0 Å².